The van der Waals surface area contributed by atoms with Gasteiger partial charge in [-0.3, -0.25) is 0 Å². The Morgan fingerprint density at radius 2 is 1.86 bits per heavy atom. The Labute approximate surface area is 129 Å². The van der Waals surface area contributed by atoms with Crippen molar-refractivity contribution in [3.8, 4) is 11.5 Å². The third-order valence-corrected chi connectivity index (χ3v) is 4.54. The molecular formula is C16H20N2O4. The van der Waals surface area contributed by atoms with E-state index < -0.39 is 0 Å². The van der Waals surface area contributed by atoms with Crippen LogP contribution in [0.1, 0.15) is 24.0 Å². The first-order valence-electron chi connectivity index (χ1n) is 7.84. The number of fused-ring (bicyclic) bond motifs is 2. The van der Waals surface area contributed by atoms with Crippen molar-refractivity contribution in [2.45, 2.75) is 31.8 Å². The molecule has 3 aliphatic rings. The molecule has 4 rings (SSSR count). The van der Waals surface area contributed by atoms with E-state index in [1.165, 1.54) is 5.56 Å². The van der Waals surface area contributed by atoms with E-state index in [-0.39, 0.29) is 18.9 Å². The zero-order chi connectivity index (χ0) is 14.9. The van der Waals surface area contributed by atoms with Gasteiger partial charge >= 0.3 is 6.03 Å². The molecule has 0 saturated carbocycles. The topological polar surface area (TPSA) is 60.0 Å². The second-order valence-electron chi connectivity index (χ2n) is 5.98. The summed E-state index contributed by atoms with van der Waals surface area (Å²) in [7, 11) is 0. The van der Waals surface area contributed by atoms with Crippen LogP contribution < -0.4 is 14.8 Å². The summed E-state index contributed by atoms with van der Waals surface area (Å²) in [6, 6.07) is 4.31. The molecule has 3 heterocycles. The van der Waals surface area contributed by atoms with Crippen molar-refractivity contribution >= 4 is 6.03 Å². The lowest BCUT2D eigenvalue weighted by molar-refractivity contribution is 0.0778. The number of carbonyl (C=O) groups is 1. The molecule has 1 fully saturated rings. The van der Waals surface area contributed by atoms with Crippen molar-refractivity contribution in [2.24, 2.45) is 0 Å². The zero-order valence-corrected chi connectivity index (χ0v) is 12.5. The van der Waals surface area contributed by atoms with Crippen LogP contribution in [-0.2, 0) is 17.7 Å². The molecule has 6 nitrogen and oxygen atoms in total. The van der Waals surface area contributed by atoms with Crippen LogP contribution >= 0.6 is 0 Å². The van der Waals surface area contributed by atoms with E-state index >= 15 is 0 Å². The van der Waals surface area contributed by atoms with Crippen LogP contribution in [0.15, 0.2) is 12.1 Å². The minimum Gasteiger partial charge on any atom is -0.454 e. The van der Waals surface area contributed by atoms with Gasteiger partial charge in [-0.25, -0.2) is 4.79 Å². The maximum Gasteiger partial charge on any atom is 0.317 e. The van der Waals surface area contributed by atoms with Crippen LogP contribution in [0.5, 0.6) is 11.5 Å². The van der Waals surface area contributed by atoms with Crippen molar-refractivity contribution < 1.29 is 19.0 Å². The Balaban J connectivity index is 1.43. The normalized spacial score (nSPS) is 20.6. The first kappa shape index (κ1) is 13.7. The monoisotopic (exact) mass is 304 g/mol. The molecule has 6 heteroatoms. The van der Waals surface area contributed by atoms with Crippen molar-refractivity contribution in [2.75, 3.05) is 26.6 Å². The molecule has 22 heavy (non-hydrogen) atoms. The third-order valence-electron chi connectivity index (χ3n) is 4.54. The molecule has 0 unspecified atom stereocenters. The summed E-state index contributed by atoms with van der Waals surface area (Å²) in [6.45, 7) is 3.11. The summed E-state index contributed by atoms with van der Waals surface area (Å²) in [5.41, 5.74) is 2.40. The van der Waals surface area contributed by atoms with Crippen molar-refractivity contribution in [1.29, 1.82) is 0 Å². The molecule has 1 saturated heterocycles. The lowest BCUT2D eigenvalue weighted by atomic mass is 9.99. The summed E-state index contributed by atoms with van der Waals surface area (Å²) in [5, 5.41) is 3.12. The molecule has 1 N–H and O–H groups in total. The van der Waals surface area contributed by atoms with Gasteiger partial charge in [0.25, 0.3) is 0 Å². The lowest BCUT2D eigenvalue weighted by Crippen LogP contribution is -2.48. The summed E-state index contributed by atoms with van der Waals surface area (Å²) >= 11 is 0. The standard InChI is InChI=1S/C16H20N2O4/c19-16(17-13-2-5-20-6-3-13)18-4-1-11-7-14-15(22-10-21-14)8-12(11)9-18/h7-8,13H,1-6,9-10H2,(H,17,19). The average Bonchev–Trinajstić information content (AvgIpc) is 3.00. The minimum absolute atomic E-state index is 0.0233. The molecule has 118 valence electrons. The number of ether oxygens (including phenoxy) is 3. The van der Waals surface area contributed by atoms with E-state index in [1.807, 2.05) is 17.0 Å². The highest BCUT2D eigenvalue weighted by Gasteiger charge is 2.26. The van der Waals surface area contributed by atoms with Crippen molar-refractivity contribution in [3.63, 3.8) is 0 Å². The van der Waals surface area contributed by atoms with E-state index in [9.17, 15) is 4.79 Å². The van der Waals surface area contributed by atoms with Crippen LogP contribution in [0.25, 0.3) is 0 Å². The molecule has 0 spiro atoms. The van der Waals surface area contributed by atoms with Gasteiger partial charge in [-0.15, -0.1) is 0 Å². The highest BCUT2D eigenvalue weighted by atomic mass is 16.7. The summed E-state index contributed by atoms with van der Waals surface area (Å²) in [6.07, 6.45) is 2.65. The fraction of sp³-hybridized carbons (Fsp3) is 0.562. The SMILES string of the molecule is O=C(NC1CCOCC1)N1CCc2cc3c(cc2C1)OCO3. The van der Waals surface area contributed by atoms with Gasteiger partial charge in [0.05, 0.1) is 0 Å². The van der Waals surface area contributed by atoms with Gasteiger partial charge in [0.15, 0.2) is 11.5 Å². The number of hydrogen-bond donors (Lipinski definition) is 1. The second kappa shape index (κ2) is 5.68. The molecule has 0 radical (unpaired) electrons. The molecule has 2 amide bonds. The Morgan fingerprint density at radius 1 is 1.14 bits per heavy atom. The van der Waals surface area contributed by atoms with Gasteiger partial charge in [-0.2, -0.15) is 0 Å². The number of hydrogen-bond acceptors (Lipinski definition) is 4. The fourth-order valence-corrected chi connectivity index (χ4v) is 3.23. The first-order chi connectivity index (χ1) is 10.8. The highest BCUT2D eigenvalue weighted by molar-refractivity contribution is 5.75. The van der Waals surface area contributed by atoms with Crippen LogP contribution in [0.4, 0.5) is 4.79 Å². The number of carbonyl (C=O) groups excluding carboxylic acids is 1. The Morgan fingerprint density at radius 3 is 2.64 bits per heavy atom. The zero-order valence-electron chi connectivity index (χ0n) is 12.5. The van der Waals surface area contributed by atoms with Crippen LogP contribution in [-0.4, -0.2) is 43.5 Å². The number of nitrogens with zero attached hydrogens (tertiary/aromatic N) is 1. The maximum absolute atomic E-state index is 12.4. The number of urea groups is 1. The van der Waals surface area contributed by atoms with E-state index in [1.54, 1.807) is 0 Å². The lowest BCUT2D eigenvalue weighted by Gasteiger charge is -2.32. The summed E-state index contributed by atoms with van der Waals surface area (Å²) in [4.78, 5) is 14.3. The number of rotatable bonds is 1. The van der Waals surface area contributed by atoms with Crippen LogP contribution in [0.3, 0.4) is 0 Å². The Hall–Kier alpha value is -1.95. The van der Waals surface area contributed by atoms with Gasteiger partial charge in [0.2, 0.25) is 6.79 Å². The van der Waals surface area contributed by atoms with Crippen LogP contribution in [0, 0.1) is 0 Å². The van der Waals surface area contributed by atoms with E-state index in [0.717, 1.165) is 56.1 Å². The molecule has 1 aromatic carbocycles. The molecule has 0 bridgehead atoms. The number of amides is 2. The first-order valence-corrected chi connectivity index (χ1v) is 7.84. The van der Waals surface area contributed by atoms with Crippen molar-refractivity contribution in [1.82, 2.24) is 10.2 Å². The number of benzene rings is 1. The van der Waals surface area contributed by atoms with Crippen molar-refractivity contribution in [3.05, 3.63) is 23.3 Å². The summed E-state index contributed by atoms with van der Waals surface area (Å²) < 4.78 is 16.2. The molecule has 1 aromatic rings. The predicted molar refractivity (Wildman–Crippen MR) is 79.1 cm³/mol. The molecule has 0 aliphatic carbocycles. The quantitative estimate of drug-likeness (QED) is 0.857. The minimum atomic E-state index is 0.0233. The van der Waals surface area contributed by atoms with Gasteiger partial charge in [0.1, 0.15) is 0 Å². The largest absolute Gasteiger partial charge is 0.454 e. The predicted octanol–water partition coefficient (Wildman–Crippen LogP) is 1.66. The van der Waals surface area contributed by atoms with E-state index in [2.05, 4.69) is 5.32 Å². The third kappa shape index (κ3) is 2.59. The van der Waals surface area contributed by atoms with Gasteiger partial charge < -0.3 is 24.4 Å². The Kier molecular flexibility index (Phi) is 3.54. The average molecular weight is 304 g/mol. The Bertz CT molecular complexity index is 584. The van der Waals surface area contributed by atoms with E-state index in [4.69, 9.17) is 14.2 Å². The molecular weight excluding hydrogens is 284 g/mol. The number of nitrogens with one attached hydrogen (secondary N) is 1. The van der Waals surface area contributed by atoms with E-state index in [0.29, 0.717) is 6.54 Å². The molecule has 0 aromatic heterocycles. The highest BCUT2D eigenvalue weighted by Crippen LogP contribution is 2.36. The van der Waals surface area contributed by atoms with Gasteiger partial charge in [0, 0.05) is 32.3 Å². The van der Waals surface area contributed by atoms with Gasteiger partial charge in [-0.05, 0) is 42.5 Å². The fourth-order valence-electron chi connectivity index (χ4n) is 3.23. The summed E-state index contributed by atoms with van der Waals surface area (Å²) in [5.74, 6) is 1.60. The smallest absolute Gasteiger partial charge is 0.317 e. The molecule has 3 aliphatic heterocycles. The van der Waals surface area contributed by atoms with Crippen LogP contribution in [0.2, 0.25) is 0 Å². The second-order valence-corrected chi connectivity index (χ2v) is 5.98. The molecule has 0 atom stereocenters. The van der Waals surface area contributed by atoms with Gasteiger partial charge in [-0.1, -0.05) is 0 Å². The maximum atomic E-state index is 12.4.